The van der Waals surface area contributed by atoms with E-state index in [1.54, 1.807) is 24.6 Å². The van der Waals surface area contributed by atoms with Gasteiger partial charge in [-0.25, -0.2) is 9.78 Å². The number of furan rings is 1. The van der Waals surface area contributed by atoms with Crippen molar-refractivity contribution in [2.75, 3.05) is 13.7 Å². The van der Waals surface area contributed by atoms with Gasteiger partial charge in [-0.05, 0) is 36.4 Å². The van der Waals surface area contributed by atoms with E-state index in [2.05, 4.69) is 4.98 Å². The molecule has 2 aromatic carbocycles. The van der Waals surface area contributed by atoms with Crippen LogP contribution in [0.15, 0.2) is 64.4 Å². The molecule has 4 rings (SSSR count). The van der Waals surface area contributed by atoms with Gasteiger partial charge < -0.3 is 13.9 Å². The minimum atomic E-state index is -0.652. The number of benzene rings is 2. The molecule has 0 aliphatic heterocycles. The number of nitrogens with zero attached hydrogens (tertiary/aromatic N) is 1. The number of thiazole rings is 1. The molecule has 28 heavy (non-hydrogen) atoms. The second kappa shape index (κ2) is 7.66. The van der Waals surface area contributed by atoms with Crippen molar-refractivity contribution in [2.45, 2.75) is 0 Å². The van der Waals surface area contributed by atoms with E-state index in [-0.39, 0.29) is 11.5 Å². The molecule has 0 unspecified atom stereocenters. The quantitative estimate of drug-likeness (QED) is 0.352. The molecular formula is C21H15NO5S. The monoisotopic (exact) mass is 393 g/mol. The number of hydrogen-bond donors (Lipinski definition) is 0. The van der Waals surface area contributed by atoms with Crippen molar-refractivity contribution in [1.29, 1.82) is 0 Å². The van der Waals surface area contributed by atoms with Crippen LogP contribution in [-0.4, -0.2) is 30.5 Å². The molecule has 7 heteroatoms. The van der Waals surface area contributed by atoms with Gasteiger partial charge >= 0.3 is 5.97 Å². The van der Waals surface area contributed by atoms with Gasteiger partial charge in [-0.15, -0.1) is 11.3 Å². The van der Waals surface area contributed by atoms with E-state index in [0.717, 1.165) is 16.7 Å². The highest BCUT2D eigenvalue weighted by atomic mass is 32.1. The molecule has 0 bridgehead atoms. The fraction of sp³-hybridized carbons (Fsp3) is 0.0952. The number of carbonyl (C=O) groups is 2. The molecule has 0 spiro atoms. The van der Waals surface area contributed by atoms with Crippen LogP contribution in [0.25, 0.3) is 21.5 Å². The number of ketones is 1. The normalized spacial score (nSPS) is 10.8. The molecule has 0 fully saturated rings. The summed E-state index contributed by atoms with van der Waals surface area (Å²) in [5.74, 6) is -0.161. The summed E-state index contributed by atoms with van der Waals surface area (Å²) in [7, 11) is 1.60. The Morgan fingerprint density at radius 1 is 1.11 bits per heavy atom. The number of carbonyl (C=O) groups excluding carboxylic acids is 2. The Balaban J connectivity index is 1.41. The highest BCUT2D eigenvalue weighted by Crippen LogP contribution is 2.26. The molecule has 0 N–H and O–H groups in total. The Kier molecular flexibility index (Phi) is 4.90. The van der Waals surface area contributed by atoms with Crippen molar-refractivity contribution < 1.29 is 23.5 Å². The van der Waals surface area contributed by atoms with Gasteiger partial charge in [0.05, 0.1) is 7.11 Å². The van der Waals surface area contributed by atoms with Crippen LogP contribution in [0.2, 0.25) is 0 Å². The summed E-state index contributed by atoms with van der Waals surface area (Å²) in [4.78, 5) is 28.7. The molecule has 4 aromatic rings. The Labute approximate surface area is 164 Å². The van der Waals surface area contributed by atoms with Gasteiger partial charge in [0, 0.05) is 16.3 Å². The van der Waals surface area contributed by atoms with E-state index >= 15 is 0 Å². The fourth-order valence-electron chi connectivity index (χ4n) is 2.63. The summed E-state index contributed by atoms with van der Waals surface area (Å²) in [5.41, 5.74) is 1.64. The molecule has 140 valence electrons. The predicted octanol–water partition coefficient (Wildman–Crippen LogP) is 4.60. The molecule has 0 aliphatic carbocycles. The Hall–Kier alpha value is -3.45. The predicted molar refractivity (Wildman–Crippen MR) is 105 cm³/mol. The molecule has 2 aromatic heterocycles. The van der Waals surface area contributed by atoms with E-state index in [0.29, 0.717) is 10.6 Å². The maximum Gasteiger partial charge on any atom is 0.358 e. The largest absolute Gasteiger partial charge is 0.497 e. The Morgan fingerprint density at radius 2 is 1.89 bits per heavy atom. The van der Waals surface area contributed by atoms with Crippen molar-refractivity contribution in [3.8, 4) is 16.3 Å². The van der Waals surface area contributed by atoms with Gasteiger partial charge in [-0.2, -0.15) is 0 Å². The number of hydrogen-bond acceptors (Lipinski definition) is 7. The maximum absolute atomic E-state index is 12.2. The number of esters is 1. The molecule has 6 nitrogen and oxygen atoms in total. The van der Waals surface area contributed by atoms with E-state index in [1.807, 2.05) is 42.5 Å². The van der Waals surface area contributed by atoms with Crippen LogP contribution in [0.1, 0.15) is 21.0 Å². The summed E-state index contributed by atoms with van der Waals surface area (Å²) in [5, 5.41) is 3.10. The molecule has 0 saturated heterocycles. The highest BCUT2D eigenvalue weighted by Gasteiger charge is 2.18. The van der Waals surface area contributed by atoms with Crippen LogP contribution in [0.5, 0.6) is 5.75 Å². The molecule has 0 saturated carbocycles. The average Bonchev–Trinajstić information content (AvgIpc) is 3.39. The average molecular weight is 393 g/mol. The SMILES string of the molecule is COc1ccc(-c2nc(C(=O)OCC(=O)c3cc4ccccc4o3)cs2)cc1. The molecule has 0 aliphatic rings. The molecular weight excluding hydrogens is 378 g/mol. The summed E-state index contributed by atoms with van der Waals surface area (Å²) in [6.45, 7) is -0.409. The minimum Gasteiger partial charge on any atom is -0.497 e. The van der Waals surface area contributed by atoms with Gasteiger partial charge in [-0.1, -0.05) is 18.2 Å². The number of Topliss-reactive ketones (excluding diaryl/α,β-unsaturated/α-hetero) is 1. The van der Waals surface area contributed by atoms with Crippen LogP contribution >= 0.6 is 11.3 Å². The van der Waals surface area contributed by atoms with Crippen LogP contribution in [0.4, 0.5) is 0 Å². The summed E-state index contributed by atoms with van der Waals surface area (Å²) in [6.07, 6.45) is 0. The van der Waals surface area contributed by atoms with E-state index in [1.165, 1.54) is 11.3 Å². The van der Waals surface area contributed by atoms with Crippen LogP contribution < -0.4 is 4.74 Å². The number of rotatable bonds is 6. The van der Waals surface area contributed by atoms with Gasteiger partial charge in [-0.3, -0.25) is 4.79 Å². The Bertz CT molecular complexity index is 1110. The first-order chi connectivity index (χ1) is 13.6. The van der Waals surface area contributed by atoms with Gasteiger partial charge in [0.1, 0.15) is 16.3 Å². The third-order valence-corrected chi connectivity index (χ3v) is 4.98. The van der Waals surface area contributed by atoms with Crippen molar-refractivity contribution in [2.24, 2.45) is 0 Å². The molecule has 0 amide bonds. The zero-order chi connectivity index (χ0) is 19.5. The lowest BCUT2D eigenvalue weighted by molar-refractivity contribution is 0.0463. The lowest BCUT2D eigenvalue weighted by Crippen LogP contribution is -2.14. The van der Waals surface area contributed by atoms with Crippen molar-refractivity contribution in [3.05, 3.63) is 71.4 Å². The third-order valence-electron chi connectivity index (χ3n) is 4.08. The number of fused-ring (bicyclic) bond motifs is 1. The topological polar surface area (TPSA) is 78.6 Å². The molecule has 2 heterocycles. The summed E-state index contributed by atoms with van der Waals surface area (Å²) < 4.78 is 15.7. The first-order valence-corrected chi connectivity index (χ1v) is 9.31. The van der Waals surface area contributed by atoms with Gasteiger partial charge in [0.25, 0.3) is 0 Å². The zero-order valence-electron chi connectivity index (χ0n) is 14.9. The van der Waals surface area contributed by atoms with Gasteiger partial charge in [0.2, 0.25) is 5.78 Å². The number of ether oxygens (including phenoxy) is 2. The summed E-state index contributed by atoms with van der Waals surface area (Å²) >= 11 is 1.32. The second-order valence-electron chi connectivity index (χ2n) is 5.91. The van der Waals surface area contributed by atoms with Gasteiger partial charge in [0.15, 0.2) is 18.1 Å². The first-order valence-electron chi connectivity index (χ1n) is 8.43. The molecule has 0 atom stereocenters. The van der Waals surface area contributed by atoms with Crippen molar-refractivity contribution >= 4 is 34.1 Å². The Morgan fingerprint density at radius 3 is 2.64 bits per heavy atom. The van der Waals surface area contributed by atoms with Crippen LogP contribution in [0, 0.1) is 0 Å². The van der Waals surface area contributed by atoms with E-state index < -0.39 is 18.4 Å². The minimum absolute atomic E-state index is 0.159. The van der Waals surface area contributed by atoms with E-state index in [4.69, 9.17) is 13.9 Å². The second-order valence-corrected chi connectivity index (χ2v) is 6.77. The lowest BCUT2D eigenvalue weighted by atomic mass is 10.2. The third kappa shape index (κ3) is 3.65. The number of aromatic nitrogens is 1. The smallest absolute Gasteiger partial charge is 0.358 e. The van der Waals surface area contributed by atoms with Crippen molar-refractivity contribution in [1.82, 2.24) is 4.98 Å². The van der Waals surface area contributed by atoms with Crippen LogP contribution in [-0.2, 0) is 4.74 Å². The van der Waals surface area contributed by atoms with Crippen LogP contribution in [0.3, 0.4) is 0 Å². The lowest BCUT2D eigenvalue weighted by Gasteiger charge is -2.01. The van der Waals surface area contributed by atoms with Crippen molar-refractivity contribution in [3.63, 3.8) is 0 Å². The van der Waals surface area contributed by atoms with E-state index in [9.17, 15) is 9.59 Å². The standard InChI is InChI=1S/C21H15NO5S/c1-25-15-8-6-13(7-9-15)20-22-16(12-28-20)21(24)26-11-17(23)19-10-14-4-2-3-5-18(14)27-19/h2-10,12H,11H2,1H3. The fourth-order valence-corrected chi connectivity index (χ4v) is 3.42. The zero-order valence-corrected chi connectivity index (χ0v) is 15.7. The maximum atomic E-state index is 12.2. The molecule has 0 radical (unpaired) electrons. The number of para-hydroxylation sites is 1. The highest BCUT2D eigenvalue weighted by molar-refractivity contribution is 7.13. The number of methoxy groups -OCH3 is 1. The first kappa shape index (κ1) is 17.9. The summed E-state index contributed by atoms with van der Waals surface area (Å²) in [6, 6.07) is 16.3.